The minimum Gasteiger partial charge on any atom is -0.411 e. The topological polar surface area (TPSA) is 68.0 Å². The van der Waals surface area contributed by atoms with Crippen molar-refractivity contribution in [1.82, 2.24) is 15.5 Å². The summed E-state index contributed by atoms with van der Waals surface area (Å²) < 4.78 is 5.68. The van der Waals surface area contributed by atoms with Crippen molar-refractivity contribution >= 4 is 17.7 Å². The third kappa shape index (κ3) is 3.68. The van der Waals surface area contributed by atoms with Crippen LogP contribution < -0.4 is 5.32 Å². The number of hydrogen-bond acceptors (Lipinski definition) is 5. The van der Waals surface area contributed by atoms with Crippen molar-refractivity contribution in [3.8, 4) is 11.5 Å². The first-order valence-corrected chi connectivity index (χ1v) is 8.28. The quantitative estimate of drug-likeness (QED) is 0.858. The second-order valence-electron chi connectivity index (χ2n) is 5.79. The summed E-state index contributed by atoms with van der Waals surface area (Å²) in [6, 6.07) is 6.49. The van der Waals surface area contributed by atoms with E-state index >= 15 is 0 Å². The summed E-state index contributed by atoms with van der Waals surface area (Å²) in [6.07, 6.45) is 2.17. The summed E-state index contributed by atoms with van der Waals surface area (Å²) in [6.45, 7) is 5.92. The molecule has 0 aliphatic heterocycles. The Kier molecular flexibility index (Phi) is 4.20. The van der Waals surface area contributed by atoms with Gasteiger partial charge in [-0.2, -0.15) is 0 Å². The normalized spacial score (nSPS) is 15.6. The summed E-state index contributed by atoms with van der Waals surface area (Å²) in [5.74, 6) is 0.516. The van der Waals surface area contributed by atoms with Gasteiger partial charge in [-0.3, -0.25) is 4.79 Å². The predicted octanol–water partition coefficient (Wildman–Crippen LogP) is 3.11. The van der Waals surface area contributed by atoms with Crippen molar-refractivity contribution in [2.75, 3.05) is 0 Å². The fourth-order valence-corrected chi connectivity index (χ4v) is 2.92. The Bertz CT molecular complexity index is 674. The lowest BCUT2D eigenvalue weighted by Crippen LogP contribution is -2.32. The van der Waals surface area contributed by atoms with Crippen LogP contribution in [0.25, 0.3) is 11.5 Å². The zero-order valence-electron chi connectivity index (χ0n) is 12.9. The van der Waals surface area contributed by atoms with E-state index in [0.29, 0.717) is 17.2 Å². The van der Waals surface area contributed by atoms with Crippen LogP contribution in [0.5, 0.6) is 0 Å². The summed E-state index contributed by atoms with van der Waals surface area (Å²) in [7, 11) is 0. The van der Waals surface area contributed by atoms with Crippen LogP contribution in [0.3, 0.4) is 0 Å². The third-order valence-electron chi connectivity index (χ3n) is 3.45. The number of thioether (sulfide) groups is 1. The molecule has 1 amide bonds. The number of carbonyl (C=O) groups excluding carboxylic acids is 1. The molecule has 1 fully saturated rings. The van der Waals surface area contributed by atoms with Crippen LogP contribution in [0, 0.1) is 13.8 Å². The lowest BCUT2D eigenvalue weighted by atomic mass is 10.1. The largest absolute Gasteiger partial charge is 0.411 e. The number of aromatic nitrogens is 2. The number of aryl methyl sites for hydroxylation is 2. The molecule has 22 heavy (non-hydrogen) atoms. The Hall–Kier alpha value is -1.82. The number of nitrogens with zero attached hydrogens (tertiary/aromatic N) is 2. The molecule has 1 aliphatic rings. The van der Waals surface area contributed by atoms with Crippen LogP contribution in [0.2, 0.25) is 0 Å². The molecule has 0 bridgehead atoms. The van der Waals surface area contributed by atoms with E-state index in [1.807, 2.05) is 32.9 Å². The average Bonchev–Trinajstić information content (AvgIpc) is 3.13. The highest BCUT2D eigenvalue weighted by Crippen LogP contribution is 2.28. The van der Waals surface area contributed by atoms with Gasteiger partial charge in [0.15, 0.2) is 0 Å². The van der Waals surface area contributed by atoms with Crippen LogP contribution in [-0.4, -0.2) is 27.4 Å². The van der Waals surface area contributed by atoms with Gasteiger partial charge < -0.3 is 9.73 Å². The standard InChI is InChI=1S/C16H19N3O2S/c1-9-6-10(2)8-12(7-9)15-18-19-16(21-15)22-11(3)14(20)17-13-4-5-13/h6-8,11,13H,4-5H2,1-3H3,(H,17,20)/t11-/m1/s1. The van der Waals surface area contributed by atoms with Crippen molar-refractivity contribution in [1.29, 1.82) is 0 Å². The van der Waals surface area contributed by atoms with Gasteiger partial charge in [0.25, 0.3) is 5.22 Å². The molecule has 1 aromatic heterocycles. The Morgan fingerprint density at radius 2 is 1.95 bits per heavy atom. The zero-order chi connectivity index (χ0) is 15.7. The van der Waals surface area contributed by atoms with Crippen molar-refractivity contribution in [2.45, 2.75) is 50.1 Å². The van der Waals surface area contributed by atoms with Crippen LogP contribution >= 0.6 is 11.8 Å². The highest BCUT2D eigenvalue weighted by Gasteiger charge is 2.27. The van der Waals surface area contributed by atoms with Gasteiger partial charge in [-0.1, -0.05) is 29.0 Å². The maximum absolute atomic E-state index is 11.9. The first-order valence-electron chi connectivity index (χ1n) is 7.40. The SMILES string of the molecule is Cc1cc(C)cc(-c2nnc(S[C@H](C)C(=O)NC3CC3)o2)c1. The van der Waals surface area contributed by atoms with Crippen LogP contribution in [0.4, 0.5) is 0 Å². The molecule has 5 nitrogen and oxygen atoms in total. The van der Waals surface area contributed by atoms with Crippen LogP contribution in [0.15, 0.2) is 27.8 Å². The van der Waals surface area contributed by atoms with Gasteiger partial charge in [-0.05, 0) is 45.7 Å². The van der Waals surface area contributed by atoms with Crippen molar-refractivity contribution < 1.29 is 9.21 Å². The molecule has 2 aromatic rings. The first-order chi connectivity index (χ1) is 10.5. The molecule has 1 heterocycles. The molecule has 0 unspecified atom stereocenters. The molecular formula is C16H19N3O2S. The molecule has 1 atom stereocenters. The fourth-order valence-electron chi connectivity index (χ4n) is 2.22. The van der Waals surface area contributed by atoms with E-state index in [4.69, 9.17) is 4.42 Å². The van der Waals surface area contributed by atoms with E-state index < -0.39 is 0 Å². The molecule has 0 spiro atoms. The highest BCUT2D eigenvalue weighted by molar-refractivity contribution is 8.00. The summed E-state index contributed by atoms with van der Waals surface area (Å²) in [5, 5.41) is 11.3. The van der Waals surface area contributed by atoms with E-state index in [-0.39, 0.29) is 11.2 Å². The van der Waals surface area contributed by atoms with E-state index in [0.717, 1.165) is 29.5 Å². The van der Waals surface area contributed by atoms with Gasteiger partial charge >= 0.3 is 0 Å². The summed E-state index contributed by atoms with van der Waals surface area (Å²) in [5.41, 5.74) is 3.21. The summed E-state index contributed by atoms with van der Waals surface area (Å²) >= 11 is 1.29. The molecule has 1 N–H and O–H groups in total. The number of carbonyl (C=O) groups is 1. The zero-order valence-corrected chi connectivity index (χ0v) is 13.7. The van der Waals surface area contributed by atoms with E-state index in [1.165, 1.54) is 11.8 Å². The molecule has 116 valence electrons. The van der Waals surface area contributed by atoms with E-state index in [1.54, 1.807) is 0 Å². The molecule has 1 saturated carbocycles. The fraction of sp³-hybridized carbons (Fsp3) is 0.438. The maximum Gasteiger partial charge on any atom is 0.277 e. The Labute approximate surface area is 133 Å². The van der Waals surface area contributed by atoms with E-state index in [2.05, 4.69) is 21.6 Å². The van der Waals surface area contributed by atoms with Gasteiger partial charge in [0.05, 0.1) is 5.25 Å². The highest BCUT2D eigenvalue weighted by atomic mass is 32.2. The molecule has 3 rings (SSSR count). The van der Waals surface area contributed by atoms with Crippen LogP contribution in [0.1, 0.15) is 30.9 Å². The van der Waals surface area contributed by atoms with Gasteiger partial charge in [0, 0.05) is 11.6 Å². The molecule has 0 saturated heterocycles. The number of rotatable bonds is 5. The number of nitrogens with one attached hydrogen (secondary N) is 1. The predicted molar refractivity (Wildman–Crippen MR) is 85.7 cm³/mol. The minimum absolute atomic E-state index is 0.0265. The second-order valence-corrected chi connectivity index (χ2v) is 7.08. The molecule has 1 aromatic carbocycles. The monoisotopic (exact) mass is 317 g/mol. The van der Waals surface area contributed by atoms with Crippen molar-refractivity contribution in [3.63, 3.8) is 0 Å². The lowest BCUT2D eigenvalue weighted by Gasteiger charge is -2.08. The van der Waals surface area contributed by atoms with Crippen molar-refractivity contribution in [3.05, 3.63) is 29.3 Å². The van der Waals surface area contributed by atoms with E-state index in [9.17, 15) is 4.79 Å². The van der Waals surface area contributed by atoms with Crippen molar-refractivity contribution in [2.24, 2.45) is 0 Å². The molecule has 6 heteroatoms. The Morgan fingerprint density at radius 3 is 2.59 bits per heavy atom. The third-order valence-corrected chi connectivity index (χ3v) is 4.38. The first kappa shape index (κ1) is 15.1. The minimum atomic E-state index is -0.242. The smallest absolute Gasteiger partial charge is 0.277 e. The lowest BCUT2D eigenvalue weighted by molar-refractivity contribution is -0.120. The van der Waals surface area contributed by atoms with Gasteiger partial charge in [0.2, 0.25) is 11.8 Å². The Balaban J connectivity index is 1.68. The molecule has 1 aliphatic carbocycles. The second kappa shape index (κ2) is 6.12. The molecule has 0 radical (unpaired) electrons. The number of hydrogen-bond donors (Lipinski definition) is 1. The number of amides is 1. The van der Waals surface area contributed by atoms with Gasteiger partial charge in [-0.15, -0.1) is 10.2 Å². The molecular weight excluding hydrogens is 298 g/mol. The van der Waals surface area contributed by atoms with Crippen LogP contribution in [-0.2, 0) is 4.79 Å². The summed E-state index contributed by atoms with van der Waals surface area (Å²) in [4.78, 5) is 11.9. The Morgan fingerprint density at radius 1 is 1.27 bits per heavy atom. The van der Waals surface area contributed by atoms with Gasteiger partial charge in [-0.25, -0.2) is 0 Å². The van der Waals surface area contributed by atoms with Gasteiger partial charge in [0.1, 0.15) is 0 Å². The number of benzene rings is 1. The average molecular weight is 317 g/mol. The maximum atomic E-state index is 11.9.